The van der Waals surface area contributed by atoms with Gasteiger partial charge in [-0.2, -0.15) is 0 Å². The molecule has 1 unspecified atom stereocenters. The summed E-state index contributed by atoms with van der Waals surface area (Å²) in [5, 5.41) is 5.55. The molecule has 2 aromatic carbocycles. The van der Waals surface area contributed by atoms with E-state index in [4.69, 9.17) is 9.47 Å². The number of methoxy groups -OCH3 is 2. The lowest BCUT2D eigenvalue weighted by Crippen LogP contribution is -2.43. The fraction of sp³-hybridized carbons (Fsp3) is 0.333. The van der Waals surface area contributed by atoms with Gasteiger partial charge in [0.15, 0.2) is 0 Å². The number of ether oxygens (including phenoxy) is 2. The highest BCUT2D eigenvalue weighted by molar-refractivity contribution is 5.95. The normalized spacial score (nSPS) is 15.4. The number of benzene rings is 2. The molecule has 6 heteroatoms. The lowest BCUT2D eigenvalue weighted by molar-refractivity contribution is -0.130. The van der Waals surface area contributed by atoms with Crippen LogP contribution in [0.15, 0.2) is 48.5 Å². The Morgan fingerprint density at radius 2 is 1.67 bits per heavy atom. The summed E-state index contributed by atoms with van der Waals surface area (Å²) in [5.41, 5.74) is 1.02. The molecule has 2 amide bonds. The van der Waals surface area contributed by atoms with Crippen molar-refractivity contribution in [1.82, 2.24) is 10.6 Å². The van der Waals surface area contributed by atoms with Crippen molar-refractivity contribution in [2.75, 3.05) is 21.3 Å². The zero-order valence-corrected chi connectivity index (χ0v) is 15.7. The van der Waals surface area contributed by atoms with Crippen molar-refractivity contribution in [3.05, 3.63) is 59.7 Å². The van der Waals surface area contributed by atoms with Gasteiger partial charge < -0.3 is 20.1 Å². The number of hydrogen-bond acceptors (Lipinski definition) is 4. The number of rotatable bonds is 7. The third-order valence-corrected chi connectivity index (χ3v) is 5.04. The summed E-state index contributed by atoms with van der Waals surface area (Å²) in [6.07, 6.45) is 1.51. The van der Waals surface area contributed by atoms with Crippen molar-refractivity contribution in [2.45, 2.75) is 24.3 Å². The SMILES string of the molecule is CNC(=O)C(NC(=O)C1(c2ccc(OC)cc2)CC1)c1cccc(OC)c1. The second kappa shape index (κ2) is 7.70. The molecule has 1 fully saturated rings. The average molecular weight is 368 g/mol. The molecule has 0 radical (unpaired) electrons. The van der Waals surface area contributed by atoms with Crippen LogP contribution in [0, 0.1) is 0 Å². The van der Waals surface area contributed by atoms with Crippen molar-refractivity contribution in [2.24, 2.45) is 0 Å². The van der Waals surface area contributed by atoms with E-state index in [-0.39, 0.29) is 11.8 Å². The van der Waals surface area contributed by atoms with E-state index in [2.05, 4.69) is 10.6 Å². The van der Waals surface area contributed by atoms with Crippen molar-refractivity contribution in [3.8, 4) is 11.5 Å². The Hall–Kier alpha value is -3.02. The molecule has 27 heavy (non-hydrogen) atoms. The van der Waals surface area contributed by atoms with Crippen LogP contribution in [-0.4, -0.2) is 33.1 Å². The highest BCUT2D eigenvalue weighted by atomic mass is 16.5. The van der Waals surface area contributed by atoms with Crippen LogP contribution in [-0.2, 0) is 15.0 Å². The molecule has 3 rings (SSSR count). The smallest absolute Gasteiger partial charge is 0.246 e. The topological polar surface area (TPSA) is 76.7 Å². The molecule has 0 bridgehead atoms. The van der Waals surface area contributed by atoms with E-state index in [1.165, 1.54) is 0 Å². The number of hydrogen-bond donors (Lipinski definition) is 2. The van der Waals surface area contributed by atoms with Crippen LogP contribution in [0.5, 0.6) is 11.5 Å². The maximum Gasteiger partial charge on any atom is 0.246 e. The van der Waals surface area contributed by atoms with Gasteiger partial charge >= 0.3 is 0 Å². The van der Waals surface area contributed by atoms with E-state index in [9.17, 15) is 9.59 Å². The Morgan fingerprint density at radius 3 is 2.22 bits per heavy atom. The summed E-state index contributed by atoms with van der Waals surface area (Å²) in [7, 11) is 4.73. The maximum absolute atomic E-state index is 13.1. The summed E-state index contributed by atoms with van der Waals surface area (Å²) in [4.78, 5) is 25.5. The van der Waals surface area contributed by atoms with Gasteiger partial charge in [-0.15, -0.1) is 0 Å². The van der Waals surface area contributed by atoms with Crippen molar-refractivity contribution in [1.29, 1.82) is 0 Å². The second-order valence-electron chi connectivity index (χ2n) is 6.61. The predicted octanol–water partition coefficient (Wildman–Crippen LogP) is 2.34. The van der Waals surface area contributed by atoms with Crippen molar-refractivity contribution < 1.29 is 19.1 Å². The number of amides is 2. The number of carbonyl (C=O) groups is 2. The molecule has 0 saturated heterocycles. The molecule has 1 saturated carbocycles. The fourth-order valence-electron chi connectivity index (χ4n) is 3.22. The Labute approximate surface area is 158 Å². The second-order valence-corrected chi connectivity index (χ2v) is 6.61. The van der Waals surface area contributed by atoms with Crippen LogP contribution in [0.1, 0.15) is 30.0 Å². The van der Waals surface area contributed by atoms with E-state index in [1.807, 2.05) is 24.3 Å². The molecule has 1 aliphatic carbocycles. The number of nitrogens with one attached hydrogen (secondary N) is 2. The number of carbonyl (C=O) groups excluding carboxylic acids is 2. The minimum Gasteiger partial charge on any atom is -0.497 e. The van der Waals surface area contributed by atoms with Gasteiger partial charge in [0.25, 0.3) is 0 Å². The van der Waals surface area contributed by atoms with Crippen molar-refractivity contribution >= 4 is 11.8 Å². The van der Waals surface area contributed by atoms with E-state index in [0.29, 0.717) is 11.3 Å². The average Bonchev–Trinajstić information content (AvgIpc) is 3.53. The van der Waals surface area contributed by atoms with Crippen LogP contribution in [0.25, 0.3) is 0 Å². The van der Waals surface area contributed by atoms with Gasteiger partial charge in [-0.3, -0.25) is 9.59 Å². The molecule has 2 aromatic rings. The Kier molecular flexibility index (Phi) is 5.35. The summed E-state index contributed by atoms with van der Waals surface area (Å²) in [6, 6.07) is 13.9. The third kappa shape index (κ3) is 3.74. The molecule has 0 spiro atoms. The van der Waals surface area contributed by atoms with Gasteiger partial charge in [-0.1, -0.05) is 24.3 Å². The van der Waals surface area contributed by atoms with E-state index >= 15 is 0 Å². The first-order valence-electron chi connectivity index (χ1n) is 8.85. The molecule has 6 nitrogen and oxygen atoms in total. The van der Waals surface area contributed by atoms with Gasteiger partial charge in [0.1, 0.15) is 17.5 Å². The summed E-state index contributed by atoms with van der Waals surface area (Å²) >= 11 is 0. The van der Waals surface area contributed by atoms with Crippen LogP contribution >= 0.6 is 0 Å². The van der Waals surface area contributed by atoms with Gasteiger partial charge in [0.2, 0.25) is 11.8 Å². The first kappa shape index (κ1) is 18.8. The summed E-state index contributed by atoms with van der Waals surface area (Å²) < 4.78 is 10.4. The van der Waals surface area contributed by atoms with Crippen LogP contribution in [0.3, 0.4) is 0 Å². The maximum atomic E-state index is 13.1. The van der Waals surface area contributed by atoms with Gasteiger partial charge in [0, 0.05) is 7.05 Å². The number of likely N-dealkylation sites (N-methyl/N-ethyl adjacent to an activating group) is 1. The van der Waals surface area contributed by atoms with Gasteiger partial charge in [-0.25, -0.2) is 0 Å². The van der Waals surface area contributed by atoms with Gasteiger partial charge in [0.05, 0.1) is 19.6 Å². The zero-order valence-electron chi connectivity index (χ0n) is 15.7. The van der Waals surface area contributed by atoms with E-state index in [0.717, 1.165) is 24.2 Å². The van der Waals surface area contributed by atoms with Crippen LogP contribution < -0.4 is 20.1 Å². The van der Waals surface area contributed by atoms with Gasteiger partial charge in [-0.05, 0) is 48.2 Å². The molecule has 0 heterocycles. The van der Waals surface area contributed by atoms with Crippen LogP contribution in [0.4, 0.5) is 0 Å². The molecule has 1 atom stereocenters. The molecular formula is C21H24N2O4. The Morgan fingerprint density at radius 1 is 1.00 bits per heavy atom. The van der Waals surface area contributed by atoms with E-state index < -0.39 is 11.5 Å². The quantitative estimate of drug-likeness (QED) is 0.786. The fourth-order valence-corrected chi connectivity index (χ4v) is 3.22. The molecule has 142 valence electrons. The highest BCUT2D eigenvalue weighted by Gasteiger charge is 2.52. The monoisotopic (exact) mass is 368 g/mol. The lowest BCUT2D eigenvalue weighted by atomic mass is 9.94. The first-order chi connectivity index (χ1) is 13.0. The Bertz CT molecular complexity index is 828. The van der Waals surface area contributed by atoms with Crippen LogP contribution in [0.2, 0.25) is 0 Å². The summed E-state index contributed by atoms with van der Waals surface area (Å²) in [6.45, 7) is 0. The standard InChI is InChI=1S/C21H24N2O4/c1-22-19(24)18(14-5-4-6-17(13-14)27-3)23-20(25)21(11-12-21)15-7-9-16(26-2)10-8-15/h4-10,13,18H,11-12H2,1-3H3,(H,22,24)(H,23,25). The minimum absolute atomic E-state index is 0.149. The minimum atomic E-state index is -0.784. The molecule has 2 N–H and O–H groups in total. The van der Waals surface area contributed by atoms with Crippen molar-refractivity contribution in [3.63, 3.8) is 0 Å². The van der Waals surface area contributed by atoms with E-state index in [1.54, 1.807) is 45.5 Å². The molecular weight excluding hydrogens is 344 g/mol. The zero-order chi connectivity index (χ0) is 19.4. The lowest BCUT2D eigenvalue weighted by Gasteiger charge is -2.22. The molecule has 1 aliphatic rings. The molecule has 0 aliphatic heterocycles. The first-order valence-corrected chi connectivity index (χ1v) is 8.85. The molecule has 0 aromatic heterocycles. The predicted molar refractivity (Wildman–Crippen MR) is 102 cm³/mol. The Balaban J connectivity index is 1.84. The summed E-state index contributed by atoms with van der Waals surface area (Å²) in [5.74, 6) is 0.952. The third-order valence-electron chi connectivity index (χ3n) is 5.04. The largest absolute Gasteiger partial charge is 0.497 e. The highest BCUT2D eigenvalue weighted by Crippen LogP contribution is 2.49.